The van der Waals surface area contributed by atoms with Gasteiger partial charge in [-0.25, -0.2) is 9.97 Å². The second kappa shape index (κ2) is 4.72. The van der Waals surface area contributed by atoms with E-state index in [1.54, 1.807) is 22.7 Å². The van der Waals surface area contributed by atoms with Crippen molar-refractivity contribution < 1.29 is 0 Å². The van der Waals surface area contributed by atoms with Crippen molar-refractivity contribution in [2.75, 3.05) is 5.32 Å². The van der Waals surface area contributed by atoms with Crippen LogP contribution in [0.3, 0.4) is 0 Å². The van der Waals surface area contributed by atoms with E-state index in [0.717, 1.165) is 21.2 Å². The second-order valence-electron chi connectivity index (χ2n) is 3.42. The predicted octanol–water partition coefficient (Wildman–Crippen LogP) is 4.13. The number of aromatic nitrogens is 2. The normalized spacial score (nSPS) is 10.9. The molecule has 0 aromatic carbocycles. The molecule has 3 aromatic rings. The quantitative estimate of drug-likeness (QED) is 0.786. The zero-order valence-corrected chi connectivity index (χ0v) is 11.9. The van der Waals surface area contributed by atoms with Crippen molar-refractivity contribution in [2.24, 2.45) is 0 Å². The molecular weight excluding hydrogens is 318 g/mol. The van der Waals surface area contributed by atoms with Crippen LogP contribution >= 0.6 is 38.6 Å². The number of anilines is 1. The molecule has 6 heteroatoms. The first-order valence-corrected chi connectivity index (χ1v) is 7.54. The maximum Gasteiger partial charge on any atom is 0.224 e. The van der Waals surface area contributed by atoms with Gasteiger partial charge >= 0.3 is 0 Å². The van der Waals surface area contributed by atoms with Crippen LogP contribution in [0.4, 0.5) is 5.95 Å². The summed E-state index contributed by atoms with van der Waals surface area (Å²) in [5.41, 5.74) is 0. The molecule has 0 saturated heterocycles. The van der Waals surface area contributed by atoms with Crippen LogP contribution in [0.5, 0.6) is 0 Å². The topological polar surface area (TPSA) is 37.8 Å². The summed E-state index contributed by atoms with van der Waals surface area (Å²) in [6.07, 6.45) is 1.85. The molecule has 0 atom stereocenters. The van der Waals surface area contributed by atoms with Crippen LogP contribution in [0, 0.1) is 0 Å². The summed E-state index contributed by atoms with van der Waals surface area (Å²) in [6.45, 7) is 0.745. The molecule has 0 unspecified atom stereocenters. The van der Waals surface area contributed by atoms with Crippen molar-refractivity contribution in [2.45, 2.75) is 6.54 Å². The van der Waals surface area contributed by atoms with E-state index in [1.807, 2.05) is 23.7 Å². The van der Waals surface area contributed by atoms with Crippen LogP contribution in [0.1, 0.15) is 4.88 Å². The maximum absolute atomic E-state index is 4.45. The first-order chi connectivity index (χ1) is 8.33. The SMILES string of the molecule is Brc1ccsc1CNc1ncc2ccsc2n1. The highest BCUT2D eigenvalue weighted by Crippen LogP contribution is 2.24. The molecule has 1 N–H and O–H groups in total. The standard InChI is InChI=1S/C11H8BrN3S2/c12-8-2-4-16-9(8)6-14-11-13-5-7-1-3-17-10(7)15-11/h1-5H,6H2,(H,13,14,15). The third kappa shape index (κ3) is 2.34. The minimum absolute atomic E-state index is 0.681. The maximum atomic E-state index is 4.45. The summed E-state index contributed by atoms with van der Waals surface area (Å²) in [7, 11) is 0. The van der Waals surface area contributed by atoms with Gasteiger partial charge in [0.1, 0.15) is 4.83 Å². The monoisotopic (exact) mass is 325 g/mol. The van der Waals surface area contributed by atoms with E-state index < -0.39 is 0 Å². The Kier molecular flexibility index (Phi) is 3.09. The molecule has 0 aliphatic rings. The molecule has 3 heterocycles. The van der Waals surface area contributed by atoms with Gasteiger partial charge in [0.25, 0.3) is 0 Å². The molecule has 0 aliphatic heterocycles. The van der Waals surface area contributed by atoms with Crippen LogP contribution in [0.15, 0.2) is 33.6 Å². The van der Waals surface area contributed by atoms with E-state index >= 15 is 0 Å². The minimum atomic E-state index is 0.681. The first kappa shape index (κ1) is 11.1. The Morgan fingerprint density at radius 2 is 2.12 bits per heavy atom. The molecule has 0 amide bonds. The van der Waals surface area contributed by atoms with Gasteiger partial charge in [-0.05, 0) is 38.8 Å². The average molecular weight is 326 g/mol. The fourth-order valence-electron chi connectivity index (χ4n) is 1.45. The summed E-state index contributed by atoms with van der Waals surface area (Å²) in [4.78, 5) is 11.0. The zero-order chi connectivity index (χ0) is 11.7. The summed E-state index contributed by atoms with van der Waals surface area (Å²) in [6, 6.07) is 4.07. The van der Waals surface area contributed by atoms with Crippen LogP contribution in [-0.2, 0) is 6.54 Å². The Balaban J connectivity index is 1.78. The Hall–Kier alpha value is -0.980. The van der Waals surface area contributed by atoms with Gasteiger partial charge in [-0.3, -0.25) is 0 Å². The van der Waals surface area contributed by atoms with E-state index in [9.17, 15) is 0 Å². The Morgan fingerprint density at radius 1 is 1.24 bits per heavy atom. The molecule has 3 aromatic heterocycles. The van der Waals surface area contributed by atoms with Gasteiger partial charge in [0.2, 0.25) is 5.95 Å². The van der Waals surface area contributed by atoms with Crippen molar-refractivity contribution >= 4 is 54.8 Å². The van der Waals surface area contributed by atoms with Gasteiger partial charge in [-0.2, -0.15) is 0 Å². The number of fused-ring (bicyclic) bond motifs is 1. The molecule has 0 bridgehead atoms. The van der Waals surface area contributed by atoms with Crippen molar-refractivity contribution in [3.63, 3.8) is 0 Å². The van der Waals surface area contributed by atoms with Crippen molar-refractivity contribution in [3.8, 4) is 0 Å². The summed E-state index contributed by atoms with van der Waals surface area (Å²) >= 11 is 6.85. The first-order valence-electron chi connectivity index (χ1n) is 4.99. The number of hydrogen-bond donors (Lipinski definition) is 1. The number of nitrogens with one attached hydrogen (secondary N) is 1. The Morgan fingerprint density at radius 3 is 2.94 bits per heavy atom. The Labute approximate surface area is 115 Å². The van der Waals surface area contributed by atoms with E-state index in [1.165, 1.54) is 4.88 Å². The van der Waals surface area contributed by atoms with Crippen LogP contribution in [0.2, 0.25) is 0 Å². The molecule has 3 rings (SSSR count). The van der Waals surface area contributed by atoms with E-state index in [4.69, 9.17) is 0 Å². The fourth-order valence-corrected chi connectivity index (χ4v) is 3.62. The number of nitrogens with zero attached hydrogens (tertiary/aromatic N) is 2. The predicted molar refractivity (Wildman–Crippen MR) is 76.8 cm³/mol. The average Bonchev–Trinajstić information content (AvgIpc) is 2.94. The molecule has 0 radical (unpaired) electrons. The Bertz CT molecular complexity index is 647. The molecule has 0 saturated carbocycles. The van der Waals surface area contributed by atoms with Gasteiger partial charge in [-0.15, -0.1) is 22.7 Å². The molecule has 3 nitrogen and oxygen atoms in total. The zero-order valence-electron chi connectivity index (χ0n) is 8.68. The molecular formula is C11H8BrN3S2. The number of hydrogen-bond acceptors (Lipinski definition) is 5. The molecule has 0 fully saturated rings. The van der Waals surface area contributed by atoms with Gasteiger partial charge in [-0.1, -0.05) is 0 Å². The van der Waals surface area contributed by atoms with E-state index in [2.05, 4.69) is 36.6 Å². The van der Waals surface area contributed by atoms with Gasteiger partial charge in [0.15, 0.2) is 0 Å². The van der Waals surface area contributed by atoms with Crippen molar-refractivity contribution in [1.82, 2.24) is 9.97 Å². The van der Waals surface area contributed by atoms with Crippen LogP contribution in [-0.4, -0.2) is 9.97 Å². The van der Waals surface area contributed by atoms with Gasteiger partial charge in [0.05, 0.1) is 6.54 Å². The van der Waals surface area contributed by atoms with Crippen LogP contribution < -0.4 is 5.32 Å². The minimum Gasteiger partial charge on any atom is -0.349 e. The highest BCUT2D eigenvalue weighted by atomic mass is 79.9. The van der Waals surface area contributed by atoms with Gasteiger partial charge < -0.3 is 5.32 Å². The number of rotatable bonds is 3. The summed E-state index contributed by atoms with van der Waals surface area (Å²) in [5.74, 6) is 0.681. The van der Waals surface area contributed by atoms with E-state index in [-0.39, 0.29) is 0 Å². The highest BCUT2D eigenvalue weighted by molar-refractivity contribution is 9.10. The lowest BCUT2D eigenvalue weighted by Gasteiger charge is -2.03. The summed E-state index contributed by atoms with van der Waals surface area (Å²) < 4.78 is 1.13. The van der Waals surface area contributed by atoms with Gasteiger partial charge in [0, 0.05) is 20.9 Å². The number of halogens is 1. The second-order valence-corrected chi connectivity index (χ2v) is 6.17. The third-order valence-corrected chi connectivity index (χ3v) is 5.05. The van der Waals surface area contributed by atoms with Crippen molar-refractivity contribution in [1.29, 1.82) is 0 Å². The molecule has 0 aliphatic carbocycles. The van der Waals surface area contributed by atoms with Crippen molar-refractivity contribution in [3.05, 3.63) is 38.4 Å². The highest BCUT2D eigenvalue weighted by Gasteiger charge is 2.03. The van der Waals surface area contributed by atoms with Crippen LogP contribution in [0.25, 0.3) is 10.2 Å². The lowest BCUT2D eigenvalue weighted by Crippen LogP contribution is -2.01. The van der Waals surface area contributed by atoms with E-state index in [0.29, 0.717) is 5.95 Å². The molecule has 86 valence electrons. The largest absolute Gasteiger partial charge is 0.349 e. The lowest BCUT2D eigenvalue weighted by atomic mass is 10.4. The number of thiophene rings is 2. The third-order valence-electron chi connectivity index (χ3n) is 2.31. The lowest BCUT2D eigenvalue weighted by molar-refractivity contribution is 1.09. The molecule has 0 spiro atoms. The summed E-state index contributed by atoms with van der Waals surface area (Å²) in [5, 5.41) is 8.42. The molecule has 17 heavy (non-hydrogen) atoms. The fraction of sp³-hybridized carbons (Fsp3) is 0.0909. The smallest absolute Gasteiger partial charge is 0.224 e.